The Balaban J connectivity index is 1.57. The Morgan fingerprint density at radius 3 is 2.66 bits per heavy atom. The first-order valence-electron chi connectivity index (χ1n) is 10.1. The molecule has 0 radical (unpaired) electrons. The van der Waals surface area contributed by atoms with Gasteiger partial charge in [-0.25, -0.2) is 19.0 Å². The molecule has 0 bridgehead atoms. The van der Waals surface area contributed by atoms with Crippen molar-refractivity contribution in [3.63, 3.8) is 0 Å². The average Bonchev–Trinajstić information content (AvgIpc) is 3.32. The van der Waals surface area contributed by atoms with Crippen LogP contribution in [0.25, 0.3) is 11.2 Å². The van der Waals surface area contributed by atoms with Gasteiger partial charge >= 0.3 is 11.9 Å². The topological polar surface area (TPSA) is 203 Å². The molecule has 15 heteroatoms. The summed E-state index contributed by atoms with van der Waals surface area (Å²) in [5.41, 5.74) is 3.23. The van der Waals surface area contributed by atoms with Crippen molar-refractivity contribution in [3.8, 4) is 5.75 Å². The minimum absolute atomic E-state index is 0.0261. The maximum Gasteiger partial charge on any atom is 0.348 e. The summed E-state index contributed by atoms with van der Waals surface area (Å²) in [5, 5.41) is 39.2. The molecule has 1 fully saturated rings. The molecule has 6 N–H and O–H groups in total. The second-order valence-corrected chi connectivity index (χ2v) is 8.14. The van der Waals surface area contributed by atoms with Crippen LogP contribution in [0.5, 0.6) is 5.75 Å². The normalized spacial score (nSPS) is 22.5. The molecule has 1 aliphatic rings. The molecule has 0 saturated carbocycles. The second-order valence-electron chi connectivity index (χ2n) is 7.80. The van der Waals surface area contributed by atoms with Gasteiger partial charge in [0, 0.05) is 6.42 Å². The zero-order valence-electron chi connectivity index (χ0n) is 17.7. The summed E-state index contributed by atoms with van der Waals surface area (Å²) < 4.78 is 26.9. The van der Waals surface area contributed by atoms with E-state index in [-0.39, 0.29) is 33.6 Å². The number of aliphatic carboxylic acids is 2. The van der Waals surface area contributed by atoms with Gasteiger partial charge in [0.15, 0.2) is 23.9 Å². The molecular formula is C20H19ClFN5O8. The third-order valence-corrected chi connectivity index (χ3v) is 5.71. The smallest absolute Gasteiger partial charge is 0.348 e. The number of carbonyl (C=O) groups is 2. The molecule has 35 heavy (non-hydrogen) atoms. The Morgan fingerprint density at radius 2 is 2.00 bits per heavy atom. The summed E-state index contributed by atoms with van der Waals surface area (Å²) in [7, 11) is 0. The predicted molar refractivity (Wildman–Crippen MR) is 115 cm³/mol. The highest BCUT2D eigenvalue weighted by Crippen LogP contribution is 2.35. The van der Waals surface area contributed by atoms with Crippen molar-refractivity contribution in [2.24, 2.45) is 0 Å². The number of hydrogen-bond acceptors (Lipinski definition) is 10. The maximum atomic E-state index is 15.0. The molecule has 186 valence electrons. The fourth-order valence-electron chi connectivity index (χ4n) is 3.76. The van der Waals surface area contributed by atoms with Gasteiger partial charge in [0.05, 0.1) is 12.9 Å². The summed E-state index contributed by atoms with van der Waals surface area (Å²) in [6, 6.07) is 5.31. The lowest BCUT2D eigenvalue weighted by Crippen LogP contribution is -2.52. The Morgan fingerprint density at radius 1 is 1.29 bits per heavy atom. The molecule has 3 aromatic rings. The molecule has 0 aliphatic carbocycles. The van der Waals surface area contributed by atoms with E-state index in [9.17, 15) is 30.0 Å². The molecule has 3 heterocycles. The number of aliphatic hydroxyl groups excluding tert-OH is 1. The number of phenolic OH excluding ortho intramolecular Hbond substituents is 1. The number of ether oxygens (including phenoxy) is 2. The summed E-state index contributed by atoms with van der Waals surface area (Å²) in [6.07, 6.45) is -6.31. The zero-order chi connectivity index (χ0) is 25.5. The van der Waals surface area contributed by atoms with Gasteiger partial charge in [-0.3, -0.25) is 4.57 Å². The number of nitrogens with two attached hydrogens (primary N) is 1. The first-order chi connectivity index (χ1) is 16.5. The third-order valence-electron chi connectivity index (χ3n) is 5.54. The van der Waals surface area contributed by atoms with E-state index in [1.807, 2.05) is 0 Å². The van der Waals surface area contributed by atoms with E-state index in [2.05, 4.69) is 15.0 Å². The minimum Gasteiger partial charge on any atom is -0.508 e. The van der Waals surface area contributed by atoms with Crippen LogP contribution in [0.3, 0.4) is 0 Å². The van der Waals surface area contributed by atoms with Gasteiger partial charge in [0.1, 0.15) is 23.5 Å². The molecule has 0 amide bonds. The van der Waals surface area contributed by atoms with Crippen molar-refractivity contribution in [2.45, 2.75) is 36.6 Å². The number of nitrogens with zero attached hydrogens (tertiary/aromatic N) is 4. The number of nitrogen functional groups attached to an aromatic ring is 1. The summed E-state index contributed by atoms with van der Waals surface area (Å²) in [6.45, 7) is -0.792. The number of aromatic hydroxyl groups is 1. The number of carboxylic acids is 2. The molecule has 2 aromatic heterocycles. The SMILES string of the molecule is Nc1nc(Cl)nc2c1ncn2[C@@H]1O[C@H](COC(Cc2cccc(O)c2)(C(=O)O)C(=O)O)[C@@H](O)[C@@H]1F. The number of anilines is 1. The lowest BCUT2D eigenvalue weighted by atomic mass is 9.94. The van der Waals surface area contributed by atoms with E-state index >= 15 is 4.39 Å². The highest BCUT2D eigenvalue weighted by Gasteiger charge is 2.52. The van der Waals surface area contributed by atoms with E-state index in [1.165, 1.54) is 24.3 Å². The van der Waals surface area contributed by atoms with Crippen LogP contribution in [0.1, 0.15) is 11.8 Å². The maximum absolute atomic E-state index is 15.0. The molecule has 4 atom stereocenters. The Kier molecular flexibility index (Phi) is 6.46. The molecule has 1 aliphatic heterocycles. The number of aliphatic hydroxyl groups is 1. The van der Waals surface area contributed by atoms with Crippen LogP contribution in [0.15, 0.2) is 30.6 Å². The van der Waals surface area contributed by atoms with E-state index in [0.29, 0.717) is 0 Å². The van der Waals surface area contributed by atoms with Gasteiger partial charge < -0.3 is 35.6 Å². The van der Waals surface area contributed by atoms with Crippen LogP contribution in [-0.4, -0.2) is 82.5 Å². The van der Waals surface area contributed by atoms with Crippen molar-refractivity contribution >= 4 is 40.5 Å². The van der Waals surface area contributed by atoms with Gasteiger partial charge in [-0.1, -0.05) is 12.1 Å². The van der Waals surface area contributed by atoms with Gasteiger partial charge in [-0.2, -0.15) is 9.97 Å². The Bertz CT molecular complexity index is 1280. The molecular weight excluding hydrogens is 493 g/mol. The summed E-state index contributed by atoms with van der Waals surface area (Å²) >= 11 is 5.81. The number of rotatable bonds is 8. The standard InChI is InChI=1S/C20H19ClFN5O8/c21-19-25-14(23)12-15(26-19)27(7-24-12)16-11(22)13(29)10(35-16)6-34-20(17(30)31,18(32)33)5-8-2-1-3-9(28)4-8/h1-4,7,10-11,13,16,28-29H,5-6H2,(H,30,31)(H,32,33)(H2,23,25,26)/t10-,11+,13-,16-/m1/s1. The summed E-state index contributed by atoms with van der Waals surface area (Å²) in [4.78, 5) is 35.6. The number of phenols is 1. The number of carboxylic acid groups (broad SMARTS) is 2. The first kappa shape index (κ1) is 24.5. The van der Waals surface area contributed by atoms with E-state index in [1.54, 1.807) is 0 Å². The van der Waals surface area contributed by atoms with Gasteiger partial charge in [0.25, 0.3) is 5.60 Å². The molecule has 4 rings (SSSR count). The van der Waals surface area contributed by atoms with Crippen LogP contribution in [0.2, 0.25) is 5.28 Å². The first-order valence-corrected chi connectivity index (χ1v) is 10.4. The van der Waals surface area contributed by atoms with E-state index < -0.39 is 55.2 Å². The number of alkyl halides is 1. The molecule has 1 saturated heterocycles. The van der Waals surface area contributed by atoms with Crippen LogP contribution < -0.4 is 5.73 Å². The fourth-order valence-corrected chi connectivity index (χ4v) is 3.93. The van der Waals surface area contributed by atoms with Crippen LogP contribution in [0, 0.1) is 0 Å². The Labute approximate surface area is 200 Å². The van der Waals surface area contributed by atoms with Crippen LogP contribution >= 0.6 is 11.6 Å². The molecule has 0 unspecified atom stereocenters. The van der Waals surface area contributed by atoms with Crippen LogP contribution in [0.4, 0.5) is 10.2 Å². The number of hydrogen-bond donors (Lipinski definition) is 5. The lowest BCUT2D eigenvalue weighted by molar-refractivity contribution is -0.190. The quantitative estimate of drug-likeness (QED) is 0.207. The van der Waals surface area contributed by atoms with Gasteiger partial charge in [0.2, 0.25) is 5.28 Å². The monoisotopic (exact) mass is 511 g/mol. The fraction of sp³-hybridized carbons (Fsp3) is 0.350. The van der Waals surface area contributed by atoms with Crippen molar-refractivity contribution in [2.75, 3.05) is 12.3 Å². The van der Waals surface area contributed by atoms with Crippen LogP contribution in [-0.2, 0) is 25.5 Å². The number of imidazole rings is 1. The van der Waals surface area contributed by atoms with E-state index in [0.717, 1.165) is 10.9 Å². The highest BCUT2D eigenvalue weighted by molar-refractivity contribution is 6.28. The number of halogens is 2. The summed E-state index contributed by atoms with van der Waals surface area (Å²) in [5.74, 6) is -3.94. The Hall–Kier alpha value is -3.59. The minimum atomic E-state index is -2.81. The highest BCUT2D eigenvalue weighted by atomic mass is 35.5. The van der Waals surface area contributed by atoms with E-state index in [4.69, 9.17) is 26.8 Å². The largest absolute Gasteiger partial charge is 0.508 e. The van der Waals surface area contributed by atoms with Crippen molar-refractivity contribution in [3.05, 3.63) is 41.4 Å². The van der Waals surface area contributed by atoms with Gasteiger partial charge in [-0.05, 0) is 29.3 Å². The van der Waals surface area contributed by atoms with Gasteiger partial charge in [-0.15, -0.1) is 0 Å². The molecule has 0 spiro atoms. The molecule has 1 aromatic carbocycles. The zero-order valence-corrected chi connectivity index (χ0v) is 18.4. The lowest BCUT2D eigenvalue weighted by Gasteiger charge is -2.27. The average molecular weight is 512 g/mol. The number of benzene rings is 1. The van der Waals surface area contributed by atoms with Crippen molar-refractivity contribution in [1.29, 1.82) is 0 Å². The van der Waals surface area contributed by atoms with Crippen molar-refractivity contribution in [1.82, 2.24) is 19.5 Å². The molecule has 13 nitrogen and oxygen atoms in total. The second kappa shape index (κ2) is 9.22. The van der Waals surface area contributed by atoms with Crippen molar-refractivity contribution < 1.29 is 43.9 Å². The number of aromatic nitrogens is 4. The predicted octanol–water partition coefficient (Wildman–Crippen LogP) is 0.531. The number of fused-ring (bicyclic) bond motifs is 1. The third kappa shape index (κ3) is 4.43.